The predicted molar refractivity (Wildman–Crippen MR) is 188 cm³/mol. The van der Waals surface area contributed by atoms with Crippen LogP contribution in [0.4, 0.5) is 0 Å². The summed E-state index contributed by atoms with van der Waals surface area (Å²) in [4.78, 5) is 24.7. The van der Waals surface area contributed by atoms with Crippen molar-refractivity contribution in [3.63, 3.8) is 0 Å². The van der Waals surface area contributed by atoms with Crippen LogP contribution in [-0.4, -0.2) is 46.0 Å². The molecule has 0 aromatic heterocycles. The Morgan fingerprint density at radius 2 is 1.06 bits per heavy atom. The van der Waals surface area contributed by atoms with Gasteiger partial charge in [0.25, 0.3) is 0 Å². The lowest BCUT2D eigenvalue weighted by Crippen LogP contribution is -2.14. The first kappa shape index (κ1) is 35.1. The number of unbranched alkanes of at least 4 members (excludes halogenated alkanes) is 1. The van der Waals surface area contributed by atoms with Crippen molar-refractivity contribution in [3.05, 3.63) is 126 Å². The summed E-state index contributed by atoms with van der Waals surface area (Å²) in [6, 6.07) is 31.2. The van der Waals surface area contributed by atoms with Crippen LogP contribution >= 0.6 is 0 Å². The van der Waals surface area contributed by atoms with Crippen LogP contribution in [0.25, 0.3) is 33.4 Å². The van der Waals surface area contributed by atoms with Crippen LogP contribution in [0.1, 0.15) is 37.3 Å². The van der Waals surface area contributed by atoms with Crippen LogP contribution in [0.5, 0.6) is 5.75 Å². The van der Waals surface area contributed by atoms with Gasteiger partial charge < -0.3 is 18.9 Å². The molecule has 0 aliphatic carbocycles. The molecule has 0 spiro atoms. The Morgan fingerprint density at radius 3 is 1.62 bits per heavy atom. The van der Waals surface area contributed by atoms with E-state index in [1.54, 1.807) is 0 Å². The van der Waals surface area contributed by atoms with Crippen molar-refractivity contribution in [1.82, 2.24) is 0 Å². The van der Waals surface area contributed by atoms with Gasteiger partial charge in [0, 0.05) is 19.8 Å². The molecule has 244 valence electrons. The van der Waals surface area contributed by atoms with Crippen molar-refractivity contribution < 1.29 is 28.5 Å². The van der Waals surface area contributed by atoms with E-state index in [0.717, 1.165) is 51.8 Å². The highest BCUT2D eigenvalue weighted by Gasteiger charge is 2.16. The lowest BCUT2D eigenvalue weighted by Gasteiger charge is -2.14. The second-order valence-corrected chi connectivity index (χ2v) is 11.5. The normalized spacial score (nSPS) is 10.8. The molecule has 0 aliphatic rings. The lowest BCUT2D eigenvalue weighted by molar-refractivity contribution is -0.139. The second kappa shape index (κ2) is 17.8. The van der Waals surface area contributed by atoms with Gasteiger partial charge >= 0.3 is 11.9 Å². The molecule has 47 heavy (non-hydrogen) atoms. The average molecular weight is 633 g/mol. The summed E-state index contributed by atoms with van der Waals surface area (Å²) in [5, 5.41) is 0. The summed E-state index contributed by atoms with van der Waals surface area (Å²) in [6.45, 7) is 10.2. The molecule has 0 radical (unpaired) electrons. The van der Waals surface area contributed by atoms with E-state index < -0.39 is 11.9 Å². The van der Waals surface area contributed by atoms with Crippen molar-refractivity contribution in [2.75, 3.05) is 34.0 Å². The number of esters is 2. The number of hydrogen-bond acceptors (Lipinski definition) is 6. The Balaban J connectivity index is 1.52. The minimum Gasteiger partial charge on any atom is -0.462 e. The number of carbonyl (C=O) groups is 2. The van der Waals surface area contributed by atoms with E-state index in [0.29, 0.717) is 24.4 Å². The topological polar surface area (TPSA) is 71.1 Å². The van der Waals surface area contributed by atoms with E-state index >= 15 is 0 Å². The molecule has 0 saturated carbocycles. The number of benzene rings is 4. The second-order valence-electron chi connectivity index (χ2n) is 11.5. The standard InChI is InChI=1S/C41H44O6/c1-6-7-9-31-11-15-33(16-12-31)34-19-21-36(22-20-34)38-26-37(23-24-39(38)47-41(43)30(3)28-45-5)35-17-13-32(14-18-35)10-8-25-46-40(42)29(2)27-44-4/h11-24,26H,2-3,6-10,25,27-28H2,1,4-5H3. The van der Waals surface area contributed by atoms with E-state index in [9.17, 15) is 9.59 Å². The largest absolute Gasteiger partial charge is 0.462 e. The van der Waals surface area contributed by atoms with Gasteiger partial charge in [0.15, 0.2) is 0 Å². The first-order chi connectivity index (χ1) is 22.8. The molecule has 4 aromatic rings. The van der Waals surface area contributed by atoms with E-state index in [2.05, 4.69) is 92.9 Å². The molecule has 4 aromatic carbocycles. The molecule has 0 atom stereocenters. The predicted octanol–water partition coefficient (Wildman–Crippen LogP) is 8.82. The Labute approximate surface area is 278 Å². The van der Waals surface area contributed by atoms with Crippen LogP contribution in [0.2, 0.25) is 0 Å². The molecule has 0 heterocycles. The molecule has 0 bridgehead atoms. The first-order valence-electron chi connectivity index (χ1n) is 16.0. The Hall–Kier alpha value is -4.78. The fourth-order valence-corrected chi connectivity index (χ4v) is 5.16. The Kier molecular flexibility index (Phi) is 13.3. The molecule has 6 nitrogen and oxygen atoms in total. The van der Waals surface area contributed by atoms with Gasteiger partial charge in [-0.05, 0) is 76.8 Å². The lowest BCUT2D eigenvalue weighted by atomic mass is 9.95. The number of aryl methyl sites for hydroxylation is 2. The molecule has 0 N–H and O–H groups in total. The minimum atomic E-state index is -0.529. The van der Waals surface area contributed by atoms with Gasteiger partial charge in [0.05, 0.1) is 31.0 Å². The third-order valence-electron chi connectivity index (χ3n) is 7.83. The summed E-state index contributed by atoms with van der Waals surface area (Å²) in [6.07, 6.45) is 4.93. The van der Waals surface area contributed by atoms with Gasteiger partial charge in [-0.25, -0.2) is 9.59 Å². The molecular formula is C41H44O6. The minimum absolute atomic E-state index is 0.0933. The zero-order valence-corrected chi connectivity index (χ0v) is 27.7. The van der Waals surface area contributed by atoms with Crippen molar-refractivity contribution in [2.24, 2.45) is 0 Å². The van der Waals surface area contributed by atoms with Crippen LogP contribution in [0, 0.1) is 0 Å². The van der Waals surface area contributed by atoms with E-state index in [-0.39, 0.29) is 18.8 Å². The number of carbonyl (C=O) groups excluding carboxylic acids is 2. The summed E-state index contributed by atoms with van der Waals surface area (Å²) in [5.41, 5.74) is 9.04. The maximum atomic E-state index is 12.8. The van der Waals surface area contributed by atoms with Crippen LogP contribution in [0.3, 0.4) is 0 Å². The summed E-state index contributed by atoms with van der Waals surface area (Å²) >= 11 is 0. The highest BCUT2D eigenvalue weighted by molar-refractivity contribution is 5.91. The zero-order chi connectivity index (χ0) is 33.6. The monoisotopic (exact) mass is 632 g/mol. The molecule has 0 fully saturated rings. The maximum Gasteiger partial charge on any atom is 0.341 e. The maximum absolute atomic E-state index is 12.8. The van der Waals surface area contributed by atoms with Crippen LogP contribution in [0.15, 0.2) is 115 Å². The van der Waals surface area contributed by atoms with Gasteiger partial charge in [-0.2, -0.15) is 0 Å². The fourth-order valence-electron chi connectivity index (χ4n) is 5.16. The summed E-state index contributed by atoms with van der Waals surface area (Å²) in [5.74, 6) is -0.511. The van der Waals surface area contributed by atoms with E-state index in [1.165, 1.54) is 32.6 Å². The summed E-state index contributed by atoms with van der Waals surface area (Å²) < 4.78 is 21.1. The molecule has 0 aliphatic heterocycles. The van der Waals surface area contributed by atoms with Crippen LogP contribution < -0.4 is 4.74 Å². The number of rotatable bonds is 17. The third-order valence-corrected chi connectivity index (χ3v) is 7.83. The van der Waals surface area contributed by atoms with E-state index in [1.807, 2.05) is 18.2 Å². The van der Waals surface area contributed by atoms with Gasteiger partial charge in [-0.3, -0.25) is 0 Å². The molecule has 0 unspecified atom stereocenters. The Bertz CT molecular complexity index is 1650. The molecule has 6 heteroatoms. The Morgan fingerprint density at radius 1 is 0.596 bits per heavy atom. The average Bonchev–Trinajstić information content (AvgIpc) is 3.10. The highest BCUT2D eigenvalue weighted by Crippen LogP contribution is 2.36. The van der Waals surface area contributed by atoms with Crippen molar-refractivity contribution in [1.29, 1.82) is 0 Å². The van der Waals surface area contributed by atoms with Crippen molar-refractivity contribution in [2.45, 2.75) is 39.0 Å². The van der Waals surface area contributed by atoms with Crippen LogP contribution in [-0.2, 0) is 36.6 Å². The van der Waals surface area contributed by atoms with Crippen molar-refractivity contribution in [3.8, 4) is 39.1 Å². The zero-order valence-electron chi connectivity index (χ0n) is 27.7. The third kappa shape index (κ3) is 10.1. The molecule has 0 saturated heterocycles. The number of ether oxygens (including phenoxy) is 4. The van der Waals surface area contributed by atoms with Gasteiger partial charge in [0.1, 0.15) is 5.75 Å². The number of methoxy groups -OCH3 is 2. The van der Waals surface area contributed by atoms with Crippen molar-refractivity contribution >= 4 is 11.9 Å². The van der Waals surface area contributed by atoms with Gasteiger partial charge in [-0.15, -0.1) is 0 Å². The molecule has 0 amide bonds. The summed E-state index contributed by atoms with van der Waals surface area (Å²) in [7, 11) is 3.03. The van der Waals surface area contributed by atoms with Gasteiger partial charge in [0.2, 0.25) is 0 Å². The molecule has 4 rings (SSSR count). The molecular weight excluding hydrogens is 588 g/mol. The first-order valence-corrected chi connectivity index (χ1v) is 16.0. The highest BCUT2D eigenvalue weighted by atomic mass is 16.5. The van der Waals surface area contributed by atoms with Gasteiger partial charge in [-0.1, -0.05) is 105 Å². The fraction of sp³-hybridized carbons (Fsp3) is 0.268. The quantitative estimate of drug-likeness (QED) is 0.0501. The SMILES string of the molecule is C=C(COC)C(=O)OCCCc1ccc(-c2ccc(OC(=O)C(=C)COC)c(-c3ccc(-c4ccc(CCCC)cc4)cc3)c2)cc1. The van der Waals surface area contributed by atoms with E-state index in [4.69, 9.17) is 18.9 Å². The number of hydrogen-bond donors (Lipinski definition) is 0. The smallest absolute Gasteiger partial charge is 0.341 e.